The normalized spacial score (nSPS) is 10.4. The lowest BCUT2D eigenvalue weighted by Gasteiger charge is -2.11. The number of rotatable bonds is 4. The van der Waals surface area contributed by atoms with E-state index in [-0.39, 0.29) is 23.2 Å². The Morgan fingerprint density at radius 2 is 1.95 bits per heavy atom. The summed E-state index contributed by atoms with van der Waals surface area (Å²) in [7, 11) is 0. The molecule has 1 aromatic heterocycles. The molecule has 1 aromatic carbocycles. The van der Waals surface area contributed by atoms with Crippen molar-refractivity contribution in [2.45, 2.75) is 19.9 Å². The molecule has 0 unspecified atom stereocenters. The number of nitrogens with one attached hydrogen (secondary N) is 1. The molecular weight excluding hydrogens is 313 g/mol. The molecule has 2 aromatic rings. The van der Waals surface area contributed by atoms with Crippen LogP contribution in [-0.4, -0.2) is 15.5 Å². The molecule has 0 fully saturated rings. The van der Waals surface area contributed by atoms with Gasteiger partial charge in [0.1, 0.15) is 17.5 Å². The number of carbonyl (C=O) groups excluding carboxylic acids is 1. The summed E-state index contributed by atoms with van der Waals surface area (Å²) in [5, 5.41) is 3.41. The van der Waals surface area contributed by atoms with Crippen LogP contribution in [0.4, 0.5) is 5.69 Å². The summed E-state index contributed by atoms with van der Waals surface area (Å²) in [6.45, 7) is 1.72. The number of carbonyl (C=O) groups is 1. The predicted molar refractivity (Wildman–Crippen MR) is 83.0 cm³/mol. The highest BCUT2D eigenvalue weighted by Gasteiger charge is 2.10. The summed E-state index contributed by atoms with van der Waals surface area (Å²) in [6.07, 6.45) is 0.504. The molecule has 0 aliphatic carbocycles. The van der Waals surface area contributed by atoms with Gasteiger partial charge >= 0.3 is 0 Å². The fourth-order valence-electron chi connectivity index (χ4n) is 1.84. The number of amides is 1. The summed E-state index contributed by atoms with van der Waals surface area (Å²) in [5.74, 6) is 0.150. The predicted octanol–water partition coefficient (Wildman–Crippen LogP) is 2.75. The summed E-state index contributed by atoms with van der Waals surface area (Å²) in [4.78, 5) is 28.0. The molecule has 1 amide bonds. The number of halogens is 2. The van der Waals surface area contributed by atoms with Crippen LogP contribution in [0.15, 0.2) is 35.1 Å². The van der Waals surface area contributed by atoms with Gasteiger partial charge in [-0.25, -0.2) is 4.98 Å². The second-order valence-electron chi connectivity index (χ2n) is 4.33. The largest absolute Gasteiger partial charge is 0.325 e. The van der Waals surface area contributed by atoms with Gasteiger partial charge in [0, 0.05) is 23.2 Å². The smallest absolute Gasteiger partial charge is 0.255 e. The van der Waals surface area contributed by atoms with Crippen LogP contribution in [0.25, 0.3) is 0 Å². The highest BCUT2D eigenvalue weighted by Crippen LogP contribution is 2.13. The molecule has 0 radical (unpaired) electrons. The van der Waals surface area contributed by atoms with Crippen molar-refractivity contribution in [3.63, 3.8) is 0 Å². The molecule has 0 saturated heterocycles. The monoisotopic (exact) mass is 325 g/mol. The maximum atomic E-state index is 12.0. The highest BCUT2D eigenvalue weighted by molar-refractivity contribution is 6.30. The molecule has 0 spiro atoms. The minimum absolute atomic E-state index is 0.116. The Labute approximate surface area is 131 Å². The lowest BCUT2D eigenvalue weighted by atomic mass is 10.3. The van der Waals surface area contributed by atoms with E-state index in [0.29, 0.717) is 23.0 Å². The van der Waals surface area contributed by atoms with Gasteiger partial charge in [-0.1, -0.05) is 30.1 Å². The Kier molecular flexibility index (Phi) is 4.98. The van der Waals surface area contributed by atoms with E-state index in [1.165, 1.54) is 10.6 Å². The highest BCUT2D eigenvalue weighted by atomic mass is 35.5. The fourth-order valence-corrected chi connectivity index (χ4v) is 2.16. The first-order valence-corrected chi connectivity index (χ1v) is 7.07. The van der Waals surface area contributed by atoms with Gasteiger partial charge in [0.2, 0.25) is 5.91 Å². The number of hydrogen-bond acceptors (Lipinski definition) is 3. The van der Waals surface area contributed by atoms with Gasteiger partial charge in [-0.15, -0.1) is 0 Å². The SMILES string of the molecule is CCc1nc(Cl)cc(=O)n1CC(=O)Nc1ccc(Cl)cc1. The van der Waals surface area contributed by atoms with E-state index in [1.54, 1.807) is 24.3 Å². The van der Waals surface area contributed by atoms with Crippen LogP contribution in [0.1, 0.15) is 12.7 Å². The molecule has 0 aliphatic rings. The molecule has 1 heterocycles. The molecule has 21 heavy (non-hydrogen) atoms. The standard InChI is InChI=1S/C14H13Cl2N3O2/c1-2-12-18-11(16)7-14(21)19(12)8-13(20)17-10-5-3-9(15)4-6-10/h3-7H,2,8H2,1H3,(H,17,20). The average Bonchev–Trinajstić information content (AvgIpc) is 2.44. The van der Waals surface area contributed by atoms with Crippen molar-refractivity contribution in [1.82, 2.24) is 9.55 Å². The van der Waals surface area contributed by atoms with Gasteiger partial charge in [-0.2, -0.15) is 0 Å². The topological polar surface area (TPSA) is 64.0 Å². The van der Waals surface area contributed by atoms with Gasteiger partial charge in [-0.05, 0) is 24.3 Å². The van der Waals surface area contributed by atoms with Gasteiger partial charge in [0.15, 0.2) is 0 Å². The third-order valence-corrected chi connectivity index (χ3v) is 3.25. The third kappa shape index (κ3) is 4.06. The van der Waals surface area contributed by atoms with Gasteiger partial charge in [0.25, 0.3) is 5.56 Å². The van der Waals surface area contributed by atoms with E-state index in [9.17, 15) is 9.59 Å². The van der Waals surface area contributed by atoms with Crippen molar-refractivity contribution < 1.29 is 4.79 Å². The van der Waals surface area contributed by atoms with Crippen molar-refractivity contribution in [3.05, 3.63) is 56.7 Å². The summed E-state index contributed by atoms with van der Waals surface area (Å²) < 4.78 is 1.30. The van der Waals surface area contributed by atoms with Crippen molar-refractivity contribution >= 4 is 34.8 Å². The fraction of sp³-hybridized carbons (Fsp3) is 0.214. The quantitative estimate of drug-likeness (QED) is 0.879. The maximum Gasteiger partial charge on any atom is 0.255 e. The second kappa shape index (κ2) is 6.74. The summed E-state index contributed by atoms with van der Waals surface area (Å²) >= 11 is 11.5. The molecule has 0 saturated carbocycles. The zero-order chi connectivity index (χ0) is 15.4. The summed E-state index contributed by atoms with van der Waals surface area (Å²) in [5.41, 5.74) is 0.260. The molecule has 2 rings (SSSR count). The molecule has 110 valence electrons. The third-order valence-electron chi connectivity index (χ3n) is 2.80. The van der Waals surface area contributed by atoms with Crippen LogP contribution >= 0.6 is 23.2 Å². The van der Waals surface area contributed by atoms with E-state index in [1.807, 2.05) is 6.92 Å². The maximum absolute atomic E-state index is 12.0. The number of benzene rings is 1. The summed E-state index contributed by atoms with van der Waals surface area (Å²) in [6, 6.07) is 7.90. The minimum Gasteiger partial charge on any atom is -0.325 e. The van der Waals surface area contributed by atoms with Gasteiger partial charge < -0.3 is 5.32 Å². The van der Waals surface area contributed by atoms with E-state index < -0.39 is 0 Å². The van der Waals surface area contributed by atoms with Crippen LogP contribution in [0, 0.1) is 0 Å². The Morgan fingerprint density at radius 3 is 2.57 bits per heavy atom. The molecular formula is C14H13Cl2N3O2. The Bertz CT molecular complexity index is 711. The minimum atomic E-state index is -0.349. The van der Waals surface area contributed by atoms with Crippen LogP contribution in [0.2, 0.25) is 10.2 Å². The Morgan fingerprint density at radius 1 is 1.29 bits per heavy atom. The van der Waals surface area contributed by atoms with E-state index in [4.69, 9.17) is 23.2 Å². The molecule has 1 N–H and O–H groups in total. The molecule has 5 nitrogen and oxygen atoms in total. The van der Waals surface area contributed by atoms with Gasteiger partial charge in [-0.3, -0.25) is 14.2 Å². The van der Waals surface area contributed by atoms with Crippen LogP contribution in [0.3, 0.4) is 0 Å². The van der Waals surface area contributed by atoms with Gasteiger partial charge in [0.05, 0.1) is 0 Å². The van der Waals surface area contributed by atoms with Crippen molar-refractivity contribution in [3.8, 4) is 0 Å². The number of nitrogens with zero attached hydrogens (tertiary/aromatic N) is 2. The van der Waals surface area contributed by atoms with E-state index >= 15 is 0 Å². The molecule has 7 heteroatoms. The Hall–Kier alpha value is -1.85. The first-order chi connectivity index (χ1) is 9.99. The Balaban J connectivity index is 2.16. The van der Waals surface area contributed by atoms with E-state index in [0.717, 1.165) is 0 Å². The van der Waals surface area contributed by atoms with Crippen LogP contribution in [-0.2, 0) is 17.8 Å². The molecule has 0 bridgehead atoms. The average molecular weight is 326 g/mol. The van der Waals surface area contributed by atoms with E-state index in [2.05, 4.69) is 10.3 Å². The van der Waals surface area contributed by atoms with Crippen molar-refractivity contribution in [2.24, 2.45) is 0 Å². The van der Waals surface area contributed by atoms with Crippen molar-refractivity contribution in [2.75, 3.05) is 5.32 Å². The number of aryl methyl sites for hydroxylation is 1. The number of anilines is 1. The lowest BCUT2D eigenvalue weighted by molar-refractivity contribution is -0.116. The second-order valence-corrected chi connectivity index (χ2v) is 5.15. The first kappa shape index (κ1) is 15.5. The lowest BCUT2D eigenvalue weighted by Crippen LogP contribution is -2.30. The first-order valence-electron chi connectivity index (χ1n) is 6.31. The zero-order valence-electron chi connectivity index (χ0n) is 11.3. The molecule has 0 atom stereocenters. The van der Waals surface area contributed by atoms with Crippen LogP contribution in [0.5, 0.6) is 0 Å². The number of aromatic nitrogens is 2. The van der Waals surface area contributed by atoms with Crippen molar-refractivity contribution in [1.29, 1.82) is 0 Å². The molecule has 0 aliphatic heterocycles. The number of hydrogen-bond donors (Lipinski definition) is 1. The van der Waals surface area contributed by atoms with Crippen LogP contribution < -0.4 is 10.9 Å². The zero-order valence-corrected chi connectivity index (χ0v) is 12.8.